The summed E-state index contributed by atoms with van der Waals surface area (Å²) in [4.78, 5) is 24.7. The van der Waals surface area contributed by atoms with Gasteiger partial charge in [-0.15, -0.1) is 10.2 Å². The molecule has 7 nitrogen and oxygen atoms in total. The Balaban J connectivity index is 1.68. The van der Waals surface area contributed by atoms with Crippen LogP contribution in [-0.2, 0) is 4.79 Å². The molecule has 0 saturated carbocycles. The summed E-state index contributed by atoms with van der Waals surface area (Å²) in [6, 6.07) is 5.80. The van der Waals surface area contributed by atoms with E-state index in [1.54, 1.807) is 0 Å². The highest BCUT2D eigenvalue weighted by atomic mass is 32.1. The predicted molar refractivity (Wildman–Crippen MR) is 91.2 cm³/mol. The molecule has 2 aromatic rings. The summed E-state index contributed by atoms with van der Waals surface area (Å²) in [7, 11) is 0. The van der Waals surface area contributed by atoms with Crippen molar-refractivity contribution in [2.75, 3.05) is 18.4 Å². The van der Waals surface area contributed by atoms with Crippen LogP contribution in [-0.4, -0.2) is 45.3 Å². The van der Waals surface area contributed by atoms with Gasteiger partial charge in [0.05, 0.1) is 5.92 Å². The summed E-state index contributed by atoms with van der Waals surface area (Å²) >= 11 is 1.30. The van der Waals surface area contributed by atoms with Crippen LogP contribution < -0.4 is 5.32 Å². The first kappa shape index (κ1) is 16.4. The third-order valence-electron chi connectivity index (χ3n) is 3.93. The van der Waals surface area contributed by atoms with Gasteiger partial charge in [0, 0.05) is 18.7 Å². The zero-order valence-electron chi connectivity index (χ0n) is 13.4. The normalized spacial score (nSPS) is 17.1. The molecule has 1 aliphatic rings. The molecule has 0 aliphatic carbocycles. The average Bonchev–Trinajstić information content (AvgIpc) is 3.15. The van der Waals surface area contributed by atoms with Crippen LogP contribution in [0.25, 0.3) is 10.6 Å². The van der Waals surface area contributed by atoms with Crippen LogP contribution in [0.5, 0.6) is 0 Å². The topological polar surface area (TPSA) is 95.4 Å². The Kier molecular flexibility index (Phi) is 4.48. The molecule has 24 heavy (non-hydrogen) atoms. The number of aromatic nitrogens is 2. The largest absolute Gasteiger partial charge is 0.481 e. The van der Waals surface area contributed by atoms with E-state index in [0.29, 0.717) is 18.1 Å². The van der Waals surface area contributed by atoms with Crippen molar-refractivity contribution in [1.82, 2.24) is 15.1 Å². The molecule has 1 fully saturated rings. The van der Waals surface area contributed by atoms with Crippen molar-refractivity contribution in [3.63, 3.8) is 0 Å². The fourth-order valence-corrected chi connectivity index (χ4v) is 3.53. The molecule has 1 atom stereocenters. The number of carboxylic acids is 1. The van der Waals surface area contributed by atoms with Gasteiger partial charge in [0.15, 0.2) is 0 Å². The van der Waals surface area contributed by atoms with Gasteiger partial charge in [0.25, 0.3) is 0 Å². The number of anilines is 1. The zero-order chi connectivity index (χ0) is 17.3. The Labute approximate surface area is 143 Å². The highest BCUT2D eigenvalue weighted by Gasteiger charge is 2.31. The van der Waals surface area contributed by atoms with E-state index in [-0.39, 0.29) is 12.6 Å². The predicted octanol–water partition coefficient (Wildman–Crippen LogP) is 2.76. The van der Waals surface area contributed by atoms with E-state index in [0.717, 1.165) is 21.7 Å². The lowest BCUT2D eigenvalue weighted by Gasteiger charge is -2.14. The Morgan fingerprint density at radius 1 is 1.25 bits per heavy atom. The summed E-state index contributed by atoms with van der Waals surface area (Å²) in [6.07, 6.45) is 0.479. The van der Waals surface area contributed by atoms with E-state index in [1.165, 1.54) is 16.2 Å². The van der Waals surface area contributed by atoms with Crippen LogP contribution >= 0.6 is 11.3 Å². The standard InChI is InChI=1S/C16H18N4O3S/c1-9-5-10(2)7-12(6-9)13-18-19-15(24-13)17-16(23)20-4-3-11(8-20)14(21)22/h5-7,11H,3-4,8H2,1-2H3,(H,21,22)(H,17,19,23)/t11-/m1/s1. The number of aryl methyl sites for hydroxylation is 2. The van der Waals surface area contributed by atoms with Gasteiger partial charge in [-0.3, -0.25) is 10.1 Å². The summed E-state index contributed by atoms with van der Waals surface area (Å²) < 4.78 is 0. The average molecular weight is 346 g/mol. The first-order valence-corrected chi connectivity index (χ1v) is 8.45. The number of aliphatic carboxylic acids is 1. The van der Waals surface area contributed by atoms with Gasteiger partial charge in [-0.1, -0.05) is 28.5 Å². The SMILES string of the molecule is Cc1cc(C)cc(-c2nnc(NC(=O)N3CC[C@@H](C(=O)O)C3)s2)c1. The van der Waals surface area contributed by atoms with Crippen molar-refractivity contribution >= 4 is 28.5 Å². The van der Waals surface area contributed by atoms with Gasteiger partial charge in [0.1, 0.15) is 5.01 Å². The highest BCUT2D eigenvalue weighted by molar-refractivity contribution is 7.18. The number of rotatable bonds is 3. The molecule has 0 unspecified atom stereocenters. The van der Waals surface area contributed by atoms with Crippen LogP contribution in [0.15, 0.2) is 18.2 Å². The molecule has 1 aliphatic heterocycles. The molecule has 126 valence electrons. The van der Waals surface area contributed by atoms with E-state index in [9.17, 15) is 9.59 Å². The molecular formula is C16H18N4O3S. The van der Waals surface area contributed by atoms with Crippen molar-refractivity contribution < 1.29 is 14.7 Å². The van der Waals surface area contributed by atoms with Crippen LogP contribution in [0.1, 0.15) is 17.5 Å². The Morgan fingerprint density at radius 2 is 1.96 bits per heavy atom. The van der Waals surface area contributed by atoms with Gasteiger partial charge < -0.3 is 10.0 Å². The first-order valence-electron chi connectivity index (χ1n) is 7.63. The molecule has 1 aromatic carbocycles. The minimum Gasteiger partial charge on any atom is -0.481 e. The molecule has 0 bridgehead atoms. The van der Waals surface area contributed by atoms with Gasteiger partial charge in [0.2, 0.25) is 5.13 Å². The van der Waals surface area contributed by atoms with Crippen LogP contribution in [0.4, 0.5) is 9.93 Å². The van der Waals surface area contributed by atoms with Crippen LogP contribution in [0, 0.1) is 19.8 Å². The minimum atomic E-state index is -0.863. The fourth-order valence-electron chi connectivity index (χ4n) is 2.81. The lowest BCUT2D eigenvalue weighted by atomic mass is 10.1. The number of amides is 2. The molecule has 1 aromatic heterocycles. The fraction of sp³-hybridized carbons (Fsp3) is 0.375. The number of carbonyl (C=O) groups excluding carboxylic acids is 1. The molecule has 2 heterocycles. The molecule has 3 rings (SSSR count). The molecule has 0 radical (unpaired) electrons. The second-order valence-electron chi connectivity index (χ2n) is 5.99. The lowest BCUT2D eigenvalue weighted by molar-refractivity contribution is -0.141. The summed E-state index contributed by atoms with van der Waals surface area (Å²) in [5.74, 6) is -1.35. The smallest absolute Gasteiger partial charge is 0.323 e. The van der Waals surface area contributed by atoms with Crippen molar-refractivity contribution in [1.29, 1.82) is 0 Å². The number of nitrogens with zero attached hydrogens (tertiary/aromatic N) is 3. The van der Waals surface area contributed by atoms with E-state index in [4.69, 9.17) is 5.11 Å². The Bertz CT molecular complexity index is 769. The maximum absolute atomic E-state index is 12.2. The number of likely N-dealkylation sites (tertiary alicyclic amines) is 1. The maximum Gasteiger partial charge on any atom is 0.323 e. The zero-order valence-corrected chi connectivity index (χ0v) is 14.3. The number of hydrogen-bond donors (Lipinski definition) is 2. The van der Waals surface area contributed by atoms with E-state index >= 15 is 0 Å². The molecule has 2 N–H and O–H groups in total. The summed E-state index contributed by atoms with van der Waals surface area (Å²) in [6.45, 7) is 4.70. The van der Waals surface area contributed by atoms with Crippen LogP contribution in [0.3, 0.4) is 0 Å². The Hall–Kier alpha value is -2.48. The first-order chi connectivity index (χ1) is 11.4. The Morgan fingerprint density at radius 3 is 2.58 bits per heavy atom. The van der Waals surface area contributed by atoms with Crippen molar-refractivity contribution in [2.45, 2.75) is 20.3 Å². The van der Waals surface area contributed by atoms with Crippen molar-refractivity contribution in [3.05, 3.63) is 29.3 Å². The van der Waals surface area contributed by atoms with E-state index in [1.807, 2.05) is 26.0 Å². The van der Waals surface area contributed by atoms with E-state index < -0.39 is 11.9 Å². The molecule has 0 spiro atoms. The second kappa shape index (κ2) is 6.56. The number of urea groups is 1. The summed E-state index contributed by atoms with van der Waals surface area (Å²) in [5.41, 5.74) is 3.25. The molecule has 1 saturated heterocycles. The van der Waals surface area contributed by atoms with Crippen LogP contribution in [0.2, 0.25) is 0 Å². The van der Waals surface area contributed by atoms with Gasteiger partial charge >= 0.3 is 12.0 Å². The van der Waals surface area contributed by atoms with Gasteiger partial charge in [-0.25, -0.2) is 4.79 Å². The molecule has 8 heteroatoms. The third-order valence-corrected chi connectivity index (χ3v) is 4.82. The van der Waals surface area contributed by atoms with Crippen molar-refractivity contribution in [2.24, 2.45) is 5.92 Å². The van der Waals surface area contributed by atoms with Gasteiger partial charge in [-0.05, 0) is 32.4 Å². The number of benzene rings is 1. The maximum atomic E-state index is 12.2. The second-order valence-corrected chi connectivity index (χ2v) is 6.97. The highest BCUT2D eigenvalue weighted by Crippen LogP contribution is 2.28. The molecule has 2 amide bonds. The van der Waals surface area contributed by atoms with Crippen molar-refractivity contribution in [3.8, 4) is 10.6 Å². The van der Waals surface area contributed by atoms with Gasteiger partial charge in [-0.2, -0.15) is 0 Å². The number of carbonyl (C=O) groups is 2. The third kappa shape index (κ3) is 3.53. The number of hydrogen-bond acceptors (Lipinski definition) is 5. The summed E-state index contributed by atoms with van der Waals surface area (Å²) in [5, 5.41) is 21.0. The quantitative estimate of drug-likeness (QED) is 0.891. The lowest BCUT2D eigenvalue weighted by Crippen LogP contribution is -2.33. The van der Waals surface area contributed by atoms with E-state index in [2.05, 4.69) is 21.6 Å². The minimum absolute atomic E-state index is 0.226. The monoisotopic (exact) mass is 346 g/mol. The number of nitrogens with one attached hydrogen (secondary N) is 1. The number of carboxylic acid groups (broad SMARTS) is 1. The molecular weight excluding hydrogens is 328 g/mol.